The van der Waals surface area contributed by atoms with E-state index in [-0.39, 0.29) is 5.54 Å². The number of hydrogen-bond acceptors (Lipinski definition) is 3. The van der Waals surface area contributed by atoms with Crippen molar-refractivity contribution >= 4 is 0 Å². The first-order chi connectivity index (χ1) is 6.76. The van der Waals surface area contributed by atoms with Gasteiger partial charge in [-0.05, 0) is 25.7 Å². The standard InChI is InChI=1S/C11H25N3/c1-3-11(4-2,10-12)13-14-8-6-5-7-9-14/h13H,3-10,12H2,1-2H3. The molecule has 3 heteroatoms. The molecule has 1 fully saturated rings. The zero-order valence-corrected chi connectivity index (χ0v) is 9.68. The van der Waals surface area contributed by atoms with Crippen LogP contribution in [0.1, 0.15) is 46.0 Å². The van der Waals surface area contributed by atoms with E-state index in [2.05, 4.69) is 24.3 Å². The monoisotopic (exact) mass is 199 g/mol. The molecule has 0 aromatic rings. The van der Waals surface area contributed by atoms with Crippen LogP contribution in [-0.4, -0.2) is 30.2 Å². The van der Waals surface area contributed by atoms with Crippen LogP contribution in [0.3, 0.4) is 0 Å². The van der Waals surface area contributed by atoms with Crippen LogP contribution in [0.15, 0.2) is 0 Å². The average molecular weight is 199 g/mol. The van der Waals surface area contributed by atoms with E-state index in [4.69, 9.17) is 5.73 Å². The minimum absolute atomic E-state index is 0.136. The van der Waals surface area contributed by atoms with Crippen LogP contribution >= 0.6 is 0 Å². The lowest BCUT2D eigenvalue weighted by atomic mass is 9.94. The quantitative estimate of drug-likeness (QED) is 0.705. The molecule has 0 spiro atoms. The molecule has 0 aromatic carbocycles. The van der Waals surface area contributed by atoms with E-state index in [1.54, 1.807) is 0 Å². The van der Waals surface area contributed by atoms with Crippen molar-refractivity contribution in [2.24, 2.45) is 5.73 Å². The van der Waals surface area contributed by atoms with Gasteiger partial charge >= 0.3 is 0 Å². The van der Waals surface area contributed by atoms with E-state index in [9.17, 15) is 0 Å². The first kappa shape index (κ1) is 12.0. The zero-order chi connectivity index (χ0) is 10.4. The predicted molar refractivity (Wildman–Crippen MR) is 60.9 cm³/mol. The lowest BCUT2D eigenvalue weighted by Gasteiger charge is -2.39. The highest BCUT2D eigenvalue weighted by atomic mass is 15.5. The van der Waals surface area contributed by atoms with Gasteiger partial charge in [0.25, 0.3) is 0 Å². The van der Waals surface area contributed by atoms with Gasteiger partial charge in [-0.25, -0.2) is 10.4 Å². The van der Waals surface area contributed by atoms with Crippen molar-refractivity contribution in [2.75, 3.05) is 19.6 Å². The molecule has 0 saturated carbocycles. The lowest BCUT2D eigenvalue weighted by Crippen LogP contribution is -2.58. The topological polar surface area (TPSA) is 41.3 Å². The molecule has 0 aromatic heterocycles. The molecule has 0 unspecified atom stereocenters. The van der Waals surface area contributed by atoms with Crippen LogP contribution in [0, 0.1) is 0 Å². The van der Waals surface area contributed by atoms with Crippen molar-refractivity contribution in [1.29, 1.82) is 0 Å². The number of nitrogens with two attached hydrogens (primary N) is 1. The lowest BCUT2D eigenvalue weighted by molar-refractivity contribution is 0.0781. The second kappa shape index (κ2) is 5.69. The number of hydrazine groups is 1. The van der Waals surface area contributed by atoms with Gasteiger partial charge in [-0.3, -0.25) is 0 Å². The Hall–Kier alpha value is -0.120. The van der Waals surface area contributed by atoms with Gasteiger partial charge in [-0.15, -0.1) is 0 Å². The molecule has 1 heterocycles. The first-order valence-corrected chi connectivity index (χ1v) is 5.99. The summed E-state index contributed by atoms with van der Waals surface area (Å²) in [5, 5.41) is 2.36. The maximum Gasteiger partial charge on any atom is 0.0442 e. The molecule has 1 saturated heterocycles. The molecule has 0 bridgehead atoms. The van der Waals surface area contributed by atoms with Gasteiger partial charge < -0.3 is 5.73 Å². The van der Waals surface area contributed by atoms with Crippen LogP contribution < -0.4 is 11.2 Å². The van der Waals surface area contributed by atoms with Gasteiger partial charge in [-0.1, -0.05) is 20.3 Å². The molecule has 0 aliphatic carbocycles. The fourth-order valence-electron chi connectivity index (χ4n) is 2.08. The van der Waals surface area contributed by atoms with Crippen LogP contribution in [0.2, 0.25) is 0 Å². The minimum atomic E-state index is 0.136. The van der Waals surface area contributed by atoms with Gasteiger partial charge in [0.2, 0.25) is 0 Å². The summed E-state index contributed by atoms with van der Waals surface area (Å²) in [7, 11) is 0. The Morgan fingerprint density at radius 3 is 2.14 bits per heavy atom. The molecule has 1 aliphatic rings. The maximum absolute atomic E-state index is 5.86. The van der Waals surface area contributed by atoms with Gasteiger partial charge in [0.05, 0.1) is 0 Å². The number of piperidine rings is 1. The van der Waals surface area contributed by atoms with E-state index in [0.717, 1.165) is 19.4 Å². The summed E-state index contributed by atoms with van der Waals surface area (Å²) < 4.78 is 0. The SMILES string of the molecule is CCC(CC)(CN)NN1CCCCC1. The molecule has 0 atom stereocenters. The zero-order valence-electron chi connectivity index (χ0n) is 9.68. The van der Waals surface area contributed by atoms with Crippen LogP contribution in [0.4, 0.5) is 0 Å². The first-order valence-electron chi connectivity index (χ1n) is 5.99. The molecule has 1 rings (SSSR count). The second-order valence-corrected chi connectivity index (χ2v) is 4.35. The molecule has 3 nitrogen and oxygen atoms in total. The molecular formula is C11H25N3. The van der Waals surface area contributed by atoms with E-state index in [0.29, 0.717) is 0 Å². The van der Waals surface area contributed by atoms with Gasteiger partial charge in [0.15, 0.2) is 0 Å². The highest BCUT2D eigenvalue weighted by Gasteiger charge is 2.26. The maximum atomic E-state index is 5.86. The number of nitrogens with one attached hydrogen (secondary N) is 1. The smallest absolute Gasteiger partial charge is 0.0442 e. The number of nitrogens with zero attached hydrogens (tertiary/aromatic N) is 1. The average Bonchev–Trinajstić information content (AvgIpc) is 2.28. The second-order valence-electron chi connectivity index (χ2n) is 4.35. The molecule has 3 N–H and O–H groups in total. The largest absolute Gasteiger partial charge is 0.329 e. The summed E-state index contributed by atoms with van der Waals surface area (Å²) in [6, 6.07) is 0. The third-order valence-electron chi connectivity index (χ3n) is 3.50. The van der Waals surface area contributed by atoms with Crippen molar-refractivity contribution < 1.29 is 0 Å². The predicted octanol–water partition coefficient (Wildman–Crippen LogP) is 1.49. The molecule has 84 valence electrons. The fraction of sp³-hybridized carbons (Fsp3) is 1.00. The third kappa shape index (κ3) is 2.94. The fourth-order valence-corrected chi connectivity index (χ4v) is 2.08. The summed E-state index contributed by atoms with van der Waals surface area (Å²) in [6.45, 7) is 7.53. The molecule has 0 radical (unpaired) electrons. The van der Waals surface area contributed by atoms with Crippen molar-refractivity contribution in [3.05, 3.63) is 0 Å². The summed E-state index contributed by atoms with van der Waals surface area (Å²) in [6.07, 6.45) is 6.24. The van der Waals surface area contributed by atoms with E-state index in [1.807, 2.05) is 0 Å². The Bertz CT molecular complexity index is 140. The van der Waals surface area contributed by atoms with Gasteiger partial charge in [-0.2, -0.15) is 0 Å². The molecule has 14 heavy (non-hydrogen) atoms. The van der Waals surface area contributed by atoms with Crippen molar-refractivity contribution in [2.45, 2.75) is 51.5 Å². The summed E-state index contributed by atoms with van der Waals surface area (Å²) in [5.41, 5.74) is 9.62. The van der Waals surface area contributed by atoms with Crippen LogP contribution in [-0.2, 0) is 0 Å². The Morgan fingerprint density at radius 2 is 1.71 bits per heavy atom. The summed E-state index contributed by atoms with van der Waals surface area (Å²) in [5.74, 6) is 0. The number of rotatable bonds is 5. The van der Waals surface area contributed by atoms with Crippen LogP contribution in [0.5, 0.6) is 0 Å². The highest BCUT2D eigenvalue weighted by Crippen LogP contribution is 2.16. The molecule has 1 aliphatic heterocycles. The van der Waals surface area contributed by atoms with E-state index >= 15 is 0 Å². The Labute approximate surface area is 88.0 Å². The van der Waals surface area contributed by atoms with Gasteiger partial charge in [0, 0.05) is 25.2 Å². The highest BCUT2D eigenvalue weighted by molar-refractivity contribution is 4.85. The Kier molecular flexibility index (Phi) is 4.85. The Morgan fingerprint density at radius 1 is 1.14 bits per heavy atom. The van der Waals surface area contributed by atoms with Gasteiger partial charge in [0.1, 0.15) is 0 Å². The summed E-state index contributed by atoms with van der Waals surface area (Å²) in [4.78, 5) is 0. The minimum Gasteiger partial charge on any atom is -0.329 e. The third-order valence-corrected chi connectivity index (χ3v) is 3.50. The van der Waals surface area contributed by atoms with Crippen molar-refractivity contribution in [3.63, 3.8) is 0 Å². The molecular weight excluding hydrogens is 174 g/mol. The van der Waals surface area contributed by atoms with E-state index < -0.39 is 0 Å². The summed E-state index contributed by atoms with van der Waals surface area (Å²) >= 11 is 0. The Balaban J connectivity index is 2.44. The normalized spacial score (nSPS) is 19.9. The number of hydrogen-bond donors (Lipinski definition) is 2. The van der Waals surface area contributed by atoms with Crippen molar-refractivity contribution in [3.8, 4) is 0 Å². The van der Waals surface area contributed by atoms with Crippen LogP contribution in [0.25, 0.3) is 0 Å². The van der Waals surface area contributed by atoms with E-state index in [1.165, 1.54) is 32.4 Å². The molecule has 0 amide bonds. The van der Waals surface area contributed by atoms with Crippen molar-refractivity contribution in [1.82, 2.24) is 10.4 Å².